The van der Waals surface area contributed by atoms with Crippen LogP contribution in [0.4, 0.5) is 0 Å². The average molecular weight is 256 g/mol. The topological polar surface area (TPSA) is 70.1 Å². The van der Waals surface area contributed by atoms with Crippen molar-refractivity contribution in [2.45, 2.75) is 31.9 Å². The lowest BCUT2D eigenvalue weighted by Gasteiger charge is -2.33. The van der Waals surface area contributed by atoms with Crippen LogP contribution in [0.5, 0.6) is 0 Å². The molecular weight excluding hydrogens is 236 g/mol. The molecule has 0 aromatic heterocycles. The van der Waals surface area contributed by atoms with Gasteiger partial charge in [0.15, 0.2) is 0 Å². The minimum Gasteiger partial charge on any atom is -0.480 e. The molecule has 102 valence electrons. The maximum absolute atomic E-state index is 12.1. The summed E-state index contributed by atoms with van der Waals surface area (Å²) >= 11 is 0. The van der Waals surface area contributed by atoms with Crippen LogP contribution in [0.15, 0.2) is 0 Å². The van der Waals surface area contributed by atoms with Gasteiger partial charge >= 0.3 is 5.97 Å². The first-order chi connectivity index (χ1) is 8.58. The zero-order valence-corrected chi connectivity index (χ0v) is 10.7. The highest BCUT2D eigenvalue weighted by Gasteiger charge is 2.33. The summed E-state index contributed by atoms with van der Waals surface area (Å²) in [6, 6.07) is -0.493. The van der Waals surface area contributed by atoms with Crippen LogP contribution in [0.3, 0.4) is 0 Å². The first-order valence-electron chi connectivity index (χ1n) is 6.44. The van der Waals surface area contributed by atoms with Crippen LogP contribution in [0.2, 0.25) is 0 Å². The van der Waals surface area contributed by atoms with E-state index in [2.05, 4.69) is 0 Å². The molecule has 2 aliphatic heterocycles. The molecule has 2 rings (SSSR count). The molecule has 0 aromatic carbocycles. The first kappa shape index (κ1) is 13.3. The molecule has 0 radical (unpaired) electrons. The monoisotopic (exact) mass is 256 g/mol. The van der Waals surface area contributed by atoms with Crippen molar-refractivity contribution in [3.8, 4) is 0 Å². The minimum absolute atomic E-state index is 0.0123. The second kappa shape index (κ2) is 5.67. The van der Waals surface area contributed by atoms with Crippen LogP contribution in [-0.2, 0) is 14.3 Å². The predicted molar refractivity (Wildman–Crippen MR) is 64.2 cm³/mol. The fourth-order valence-electron chi connectivity index (χ4n) is 2.61. The molecule has 2 fully saturated rings. The maximum Gasteiger partial charge on any atom is 0.320 e. The Morgan fingerprint density at radius 1 is 1.39 bits per heavy atom. The summed E-state index contributed by atoms with van der Waals surface area (Å²) in [5, 5.41) is 9.06. The number of hydrogen-bond acceptors (Lipinski definition) is 4. The van der Waals surface area contributed by atoms with Gasteiger partial charge in [-0.05, 0) is 26.3 Å². The molecule has 6 heteroatoms. The number of ether oxygens (including phenoxy) is 1. The van der Waals surface area contributed by atoms with Gasteiger partial charge in [-0.25, -0.2) is 0 Å². The highest BCUT2D eigenvalue weighted by Crippen LogP contribution is 2.17. The summed E-state index contributed by atoms with van der Waals surface area (Å²) in [6.45, 7) is 4.62. The number of amides is 1. The number of rotatable bonds is 3. The van der Waals surface area contributed by atoms with E-state index >= 15 is 0 Å². The van der Waals surface area contributed by atoms with Crippen molar-refractivity contribution in [2.24, 2.45) is 0 Å². The summed E-state index contributed by atoms with van der Waals surface area (Å²) in [7, 11) is 0. The zero-order chi connectivity index (χ0) is 13.1. The summed E-state index contributed by atoms with van der Waals surface area (Å²) in [4.78, 5) is 26.7. The Bertz CT molecular complexity index is 334. The highest BCUT2D eigenvalue weighted by molar-refractivity contribution is 5.80. The summed E-state index contributed by atoms with van der Waals surface area (Å²) in [6.07, 6.45) is 1.56. The SMILES string of the molecule is CC1CN(C(=O)CN2CCCC2C(=O)O)CCO1. The smallest absolute Gasteiger partial charge is 0.320 e. The molecular formula is C12H20N2O4. The van der Waals surface area contributed by atoms with Gasteiger partial charge in [0.2, 0.25) is 5.91 Å². The highest BCUT2D eigenvalue weighted by atomic mass is 16.5. The lowest BCUT2D eigenvalue weighted by atomic mass is 10.2. The van der Waals surface area contributed by atoms with Gasteiger partial charge in [0.25, 0.3) is 0 Å². The fourth-order valence-corrected chi connectivity index (χ4v) is 2.61. The second-order valence-electron chi connectivity index (χ2n) is 4.99. The van der Waals surface area contributed by atoms with Crippen molar-refractivity contribution in [3.63, 3.8) is 0 Å². The Balaban J connectivity index is 1.88. The zero-order valence-electron chi connectivity index (χ0n) is 10.7. The van der Waals surface area contributed by atoms with E-state index in [1.165, 1.54) is 0 Å². The van der Waals surface area contributed by atoms with Crippen LogP contribution in [0.25, 0.3) is 0 Å². The van der Waals surface area contributed by atoms with Crippen molar-refractivity contribution < 1.29 is 19.4 Å². The Kier molecular flexibility index (Phi) is 4.19. The Hall–Kier alpha value is -1.14. The lowest BCUT2D eigenvalue weighted by Crippen LogP contribution is -2.49. The van der Waals surface area contributed by atoms with E-state index in [9.17, 15) is 9.59 Å². The van der Waals surface area contributed by atoms with Crippen LogP contribution in [0, 0.1) is 0 Å². The van der Waals surface area contributed by atoms with Crippen molar-refractivity contribution in [1.82, 2.24) is 9.80 Å². The molecule has 6 nitrogen and oxygen atoms in total. The van der Waals surface area contributed by atoms with E-state index in [1.54, 1.807) is 9.80 Å². The number of carboxylic acids is 1. The number of likely N-dealkylation sites (tertiary alicyclic amines) is 1. The maximum atomic E-state index is 12.1. The summed E-state index contributed by atoms with van der Waals surface area (Å²) in [5.41, 5.74) is 0. The number of hydrogen-bond donors (Lipinski definition) is 1. The van der Waals surface area contributed by atoms with E-state index in [0.29, 0.717) is 32.7 Å². The summed E-state index contributed by atoms with van der Waals surface area (Å²) < 4.78 is 5.39. The molecule has 2 aliphatic rings. The van der Waals surface area contributed by atoms with Crippen molar-refractivity contribution in [2.75, 3.05) is 32.8 Å². The Morgan fingerprint density at radius 3 is 2.83 bits per heavy atom. The third kappa shape index (κ3) is 3.00. The molecule has 0 spiro atoms. The van der Waals surface area contributed by atoms with Gasteiger partial charge in [0.05, 0.1) is 19.3 Å². The van der Waals surface area contributed by atoms with Crippen LogP contribution in [-0.4, -0.2) is 71.7 Å². The van der Waals surface area contributed by atoms with Gasteiger partial charge < -0.3 is 14.7 Å². The molecule has 2 saturated heterocycles. The normalized spacial score (nSPS) is 29.5. The Labute approximate surface area is 106 Å². The molecule has 1 amide bonds. The van der Waals surface area contributed by atoms with E-state index in [4.69, 9.17) is 9.84 Å². The molecule has 2 atom stereocenters. The van der Waals surface area contributed by atoms with Crippen molar-refractivity contribution in [1.29, 1.82) is 0 Å². The molecule has 2 heterocycles. The van der Waals surface area contributed by atoms with Crippen molar-refractivity contribution in [3.05, 3.63) is 0 Å². The number of aliphatic carboxylic acids is 1. The quantitative estimate of drug-likeness (QED) is 0.756. The number of nitrogens with zero attached hydrogens (tertiary/aromatic N) is 2. The van der Waals surface area contributed by atoms with Gasteiger partial charge in [-0.15, -0.1) is 0 Å². The number of carboxylic acid groups (broad SMARTS) is 1. The Morgan fingerprint density at radius 2 is 2.17 bits per heavy atom. The number of carbonyl (C=O) groups is 2. The van der Waals surface area contributed by atoms with Gasteiger partial charge in [-0.1, -0.05) is 0 Å². The third-order valence-corrected chi connectivity index (χ3v) is 3.58. The van der Waals surface area contributed by atoms with Gasteiger partial charge in [0.1, 0.15) is 6.04 Å². The van der Waals surface area contributed by atoms with E-state index in [1.807, 2.05) is 6.92 Å². The van der Waals surface area contributed by atoms with Crippen molar-refractivity contribution >= 4 is 11.9 Å². The molecule has 0 bridgehead atoms. The van der Waals surface area contributed by atoms with E-state index in [-0.39, 0.29) is 18.6 Å². The largest absolute Gasteiger partial charge is 0.480 e. The van der Waals surface area contributed by atoms with Gasteiger partial charge in [-0.3, -0.25) is 14.5 Å². The minimum atomic E-state index is -0.823. The average Bonchev–Trinajstić information content (AvgIpc) is 2.77. The fraction of sp³-hybridized carbons (Fsp3) is 0.833. The van der Waals surface area contributed by atoms with Crippen LogP contribution in [0.1, 0.15) is 19.8 Å². The predicted octanol–water partition coefficient (Wildman–Crippen LogP) is -0.217. The van der Waals surface area contributed by atoms with E-state index < -0.39 is 12.0 Å². The van der Waals surface area contributed by atoms with Crippen LogP contribution < -0.4 is 0 Å². The number of carbonyl (C=O) groups excluding carboxylic acids is 1. The molecule has 0 aliphatic carbocycles. The summed E-state index contributed by atoms with van der Waals surface area (Å²) in [5.74, 6) is -0.811. The number of morpholine rings is 1. The lowest BCUT2D eigenvalue weighted by molar-refractivity contribution is -0.145. The standard InChI is InChI=1S/C12H20N2O4/c1-9-7-14(5-6-18-9)11(15)8-13-4-2-3-10(13)12(16)17/h9-10H,2-8H2,1H3,(H,16,17). The van der Waals surface area contributed by atoms with Crippen LogP contribution >= 0.6 is 0 Å². The molecule has 2 unspecified atom stereocenters. The molecule has 0 aromatic rings. The third-order valence-electron chi connectivity index (χ3n) is 3.58. The molecule has 0 saturated carbocycles. The second-order valence-corrected chi connectivity index (χ2v) is 4.99. The van der Waals surface area contributed by atoms with E-state index in [0.717, 1.165) is 6.42 Å². The first-order valence-corrected chi connectivity index (χ1v) is 6.44. The van der Waals surface area contributed by atoms with Gasteiger partial charge in [0, 0.05) is 13.1 Å². The molecule has 1 N–H and O–H groups in total. The van der Waals surface area contributed by atoms with Gasteiger partial charge in [-0.2, -0.15) is 0 Å². The molecule has 18 heavy (non-hydrogen) atoms.